The first-order valence-corrected chi connectivity index (χ1v) is 7.86. The van der Waals surface area contributed by atoms with E-state index in [1.807, 2.05) is 0 Å². The molecule has 0 heterocycles. The van der Waals surface area contributed by atoms with Crippen LogP contribution in [0, 0.1) is 0 Å². The van der Waals surface area contributed by atoms with Gasteiger partial charge in [-0.25, -0.2) is 0 Å². The molecule has 0 saturated carbocycles. The Balaban J connectivity index is 2.12. The molecule has 0 aliphatic heterocycles. The van der Waals surface area contributed by atoms with Gasteiger partial charge < -0.3 is 10.1 Å². The molecule has 0 saturated heterocycles. The third-order valence-electron chi connectivity index (χ3n) is 2.79. The highest BCUT2D eigenvalue weighted by atomic mass is 35.5. The minimum absolute atomic E-state index is 0.121. The van der Waals surface area contributed by atoms with Gasteiger partial charge in [-0.2, -0.15) is 0 Å². The molecule has 120 valence electrons. The van der Waals surface area contributed by atoms with Gasteiger partial charge in [0, 0.05) is 15.7 Å². The topological polar surface area (TPSA) is 50.4 Å². The van der Waals surface area contributed by atoms with Crippen LogP contribution in [0.2, 0.25) is 15.1 Å². The van der Waals surface area contributed by atoms with Crippen molar-refractivity contribution in [2.45, 2.75) is 0 Å². The van der Waals surface area contributed by atoms with E-state index < -0.39 is 5.91 Å². The third-order valence-corrected chi connectivity index (χ3v) is 3.74. The highest BCUT2D eigenvalue weighted by Gasteiger charge is 2.17. The fourth-order valence-corrected chi connectivity index (χ4v) is 2.71. The maximum atomic E-state index is 12.3. The van der Waals surface area contributed by atoms with Crippen molar-refractivity contribution in [2.24, 2.45) is 0 Å². The Labute approximate surface area is 153 Å². The molecule has 0 fully saturated rings. The second kappa shape index (κ2) is 7.84. The van der Waals surface area contributed by atoms with E-state index in [1.165, 1.54) is 19.2 Å². The predicted molar refractivity (Wildman–Crippen MR) is 98.2 cm³/mol. The molecule has 1 amide bonds. The number of hydrogen-bond acceptors (Lipinski definition) is 3. The number of benzene rings is 2. The fourth-order valence-electron chi connectivity index (χ4n) is 1.80. The summed E-state index contributed by atoms with van der Waals surface area (Å²) in [6.45, 7) is 0. The van der Waals surface area contributed by atoms with E-state index in [9.17, 15) is 4.79 Å². The molecule has 23 heavy (non-hydrogen) atoms. The summed E-state index contributed by atoms with van der Waals surface area (Å²) in [5, 5.41) is 6.69. The number of halogens is 3. The highest BCUT2D eigenvalue weighted by Crippen LogP contribution is 2.32. The van der Waals surface area contributed by atoms with E-state index >= 15 is 0 Å². The molecule has 0 unspecified atom stereocenters. The van der Waals surface area contributed by atoms with Gasteiger partial charge >= 0.3 is 0 Å². The van der Waals surface area contributed by atoms with Crippen molar-refractivity contribution >= 4 is 63.7 Å². The Morgan fingerprint density at radius 3 is 2.35 bits per heavy atom. The van der Waals surface area contributed by atoms with E-state index in [1.54, 1.807) is 24.3 Å². The van der Waals surface area contributed by atoms with Crippen LogP contribution in [0.3, 0.4) is 0 Å². The fraction of sp³-hybridized carbons (Fsp3) is 0.0667. The molecule has 0 spiro atoms. The van der Waals surface area contributed by atoms with Gasteiger partial charge in [0.15, 0.2) is 5.11 Å². The van der Waals surface area contributed by atoms with Crippen LogP contribution in [0.15, 0.2) is 36.4 Å². The molecular formula is C15H11Cl3N2O2S. The standard InChI is InChI=1S/C15H11Cl3N2O2S/c1-22-13-11(6-9(17)7-12(13)18)14(21)20-15(23)19-10-4-2-8(16)3-5-10/h2-7H,1H3,(H2,19,20,21,23). The number of methoxy groups -OCH3 is 1. The summed E-state index contributed by atoms with van der Waals surface area (Å²) in [6, 6.07) is 9.81. The molecule has 2 N–H and O–H groups in total. The molecule has 0 aromatic heterocycles. The molecule has 0 bridgehead atoms. The number of nitrogens with one attached hydrogen (secondary N) is 2. The van der Waals surface area contributed by atoms with Gasteiger partial charge in [-0.1, -0.05) is 34.8 Å². The number of ether oxygens (including phenoxy) is 1. The first-order chi connectivity index (χ1) is 10.9. The van der Waals surface area contributed by atoms with Crippen molar-refractivity contribution in [3.63, 3.8) is 0 Å². The van der Waals surface area contributed by atoms with Crippen LogP contribution in [0.25, 0.3) is 0 Å². The average molecular weight is 390 g/mol. The quantitative estimate of drug-likeness (QED) is 0.742. The molecule has 4 nitrogen and oxygen atoms in total. The molecule has 2 rings (SSSR count). The molecule has 8 heteroatoms. The predicted octanol–water partition coefficient (Wildman–Crippen LogP) is 4.78. The van der Waals surface area contributed by atoms with Crippen LogP contribution >= 0.6 is 47.0 Å². The van der Waals surface area contributed by atoms with Crippen LogP contribution in [0.1, 0.15) is 10.4 Å². The Kier molecular flexibility index (Phi) is 6.07. The van der Waals surface area contributed by atoms with Crippen molar-refractivity contribution in [1.82, 2.24) is 5.32 Å². The second-order valence-electron chi connectivity index (χ2n) is 4.38. The minimum Gasteiger partial charge on any atom is -0.494 e. The lowest BCUT2D eigenvalue weighted by Gasteiger charge is -2.13. The van der Waals surface area contributed by atoms with Gasteiger partial charge in [0.2, 0.25) is 0 Å². The molecule has 0 atom stereocenters. The lowest BCUT2D eigenvalue weighted by molar-refractivity contribution is 0.0975. The van der Waals surface area contributed by atoms with Crippen molar-refractivity contribution in [3.8, 4) is 5.75 Å². The largest absolute Gasteiger partial charge is 0.494 e. The van der Waals surface area contributed by atoms with Gasteiger partial charge in [0.25, 0.3) is 5.91 Å². The van der Waals surface area contributed by atoms with Crippen LogP contribution in [0.5, 0.6) is 5.75 Å². The van der Waals surface area contributed by atoms with E-state index in [0.29, 0.717) is 15.7 Å². The number of carbonyl (C=O) groups excluding carboxylic acids is 1. The summed E-state index contributed by atoms with van der Waals surface area (Å²) in [4.78, 5) is 12.3. The molecule has 2 aromatic carbocycles. The van der Waals surface area contributed by atoms with Gasteiger partial charge in [0.1, 0.15) is 5.75 Å². The number of thiocarbonyl (C=S) groups is 1. The molecule has 0 aliphatic carbocycles. The second-order valence-corrected chi connectivity index (χ2v) is 6.07. The van der Waals surface area contributed by atoms with Gasteiger partial charge in [-0.3, -0.25) is 10.1 Å². The smallest absolute Gasteiger partial charge is 0.261 e. The lowest BCUT2D eigenvalue weighted by atomic mass is 10.2. The zero-order chi connectivity index (χ0) is 17.0. The zero-order valence-corrected chi connectivity index (χ0v) is 14.9. The highest BCUT2D eigenvalue weighted by molar-refractivity contribution is 7.80. The third kappa shape index (κ3) is 4.72. The number of rotatable bonds is 3. The van der Waals surface area contributed by atoms with Gasteiger partial charge in [0.05, 0.1) is 17.7 Å². The van der Waals surface area contributed by atoms with Crippen molar-refractivity contribution < 1.29 is 9.53 Å². The average Bonchev–Trinajstić information content (AvgIpc) is 2.48. The Bertz CT molecular complexity index is 751. The maximum Gasteiger partial charge on any atom is 0.261 e. The van der Waals surface area contributed by atoms with Crippen LogP contribution in [0.4, 0.5) is 5.69 Å². The first kappa shape index (κ1) is 17.8. The van der Waals surface area contributed by atoms with Crippen LogP contribution in [-0.2, 0) is 0 Å². The normalized spacial score (nSPS) is 10.1. The van der Waals surface area contributed by atoms with E-state index in [-0.39, 0.29) is 21.4 Å². The number of amides is 1. The Morgan fingerprint density at radius 1 is 1.09 bits per heavy atom. The lowest BCUT2D eigenvalue weighted by Crippen LogP contribution is -2.34. The number of carbonyl (C=O) groups is 1. The van der Waals surface area contributed by atoms with E-state index in [4.69, 9.17) is 51.8 Å². The van der Waals surface area contributed by atoms with E-state index in [0.717, 1.165) is 0 Å². The number of anilines is 1. The molecular weight excluding hydrogens is 379 g/mol. The maximum absolute atomic E-state index is 12.3. The van der Waals surface area contributed by atoms with E-state index in [2.05, 4.69) is 10.6 Å². The summed E-state index contributed by atoms with van der Waals surface area (Å²) in [5.41, 5.74) is 0.876. The summed E-state index contributed by atoms with van der Waals surface area (Å²) < 4.78 is 5.14. The van der Waals surface area contributed by atoms with Crippen LogP contribution < -0.4 is 15.4 Å². The summed E-state index contributed by atoms with van der Waals surface area (Å²) >= 11 is 22.8. The van der Waals surface area contributed by atoms with Crippen LogP contribution in [-0.4, -0.2) is 18.1 Å². The van der Waals surface area contributed by atoms with Crippen molar-refractivity contribution in [1.29, 1.82) is 0 Å². The van der Waals surface area contributed by atoms with Crippen molar-refractivity contribution in [3.05, 3.63) is 57.0 Å². The molecule has 0 aliphatic rings. The minimum atomic E-state index is -0.488. The summed E-state index contributed by atoms with van der Waals surface area (Å²) in [6.07, 6.45) is 0. The SMILES string of the molecule is COc1c(Cl)cc(Cl)cc1C(=O)NC(=S)Nc1ccc(Cl)cc1. The monoisotopic (exact) mass is 388 g/mol. The Hall–Kier alpha value is -1.53. The van der Waals surface area contributed by atoms with Gasteiger partial charge in [-0.15, -0.1) is 0 Å². The summed E-state index contributed by atoms with van der Waals surface area (Å²) in [5.74, 6) is -0.263. The molecule has 2 aromatic rings. The number of hydrogen-bond donors (Lipinski definition) is 2. The first-order valence-electron chi connectivity index (χ1n) is 6.31. The van der Waals surface area contributed by atoms with Crippen molar-refractivity contribution in [2.75, 3.05) is 12.4 Å². The molecule has 0 radical (unpaired) electrons. The summed E-state index contributed by atoms with van der Waals surface area (Å²) in [7, 11) is 1.41. The zero-order valence-electron chi connectivity index (χ0n) is 11.8. The van der Waals surface area contributed by atoms with Gasteiger partial charge in [-0.05, 0) is 48.6 Å². The Morgan fingerprint density at radius 2 is 1.74 bits per heavy atom.